The van der Waals surface area contributed by atoms with Crippen LogP contribution >= 0.6 is 0 Å². The minimum Gasteiger partial charge on any atom is -0.342 e. The van der Waals surface area contributed by atoms with Gasteiger partial charge in [0.2, 0.25) is 0 Å². The Labute approximate surface area is 125 Å². The summed E-state index contributed by atoms with van der Waals surface area (Å²) >= 11 is 0. The molecule has 0 bridgehead atoms. The van der Waals surface area contributed by atoms with Crippen molar-refractivity contribution in [2.45, 2.75) is 45.1 Å². The Morgan fingerprint density at radius 2 is 1.86 bits per heavy atom. The molecule has 0 fully saturated rings. The number of aldehydes is 1. The van der Waals surface area contributed by atoms with Crippen LogP contribution in [0.1, 0.15) is 43.5 Å². The van der Waals surface area contributed by atoms with Crippen molar-refractivity contribution in [3.05, 3.63) is 41.9 Å². The van der Waals surface area contributed by atoms with Gasteiger partial charge in [0.15, 0.2) is 0 Å². The number of carbonyl (C=O) groups excluding carboxylic acids is 1. The predicted molar refractivity (Wildman–Crippen MR) is 84.8 cm³/mol. The molecule has 4 heteroatoms. The molecule has 3 N–H and O–H groups in total. The third-order valence-electron chi connectivity index (χ3n) is 3.61. The van der Waals surface area contributed by atoms with E-state index in [1.54, 1.807) is 0 Å². The van der Waals surface area contributed by atoms with Crippen LogP contribution in [0.5, 0.6) is 0 Å². The number of imidazole rings is 1. The largest absolute Gasteiger partial charge is 0.342 e. The zero-order chi connectivity index (χ0) is 14.9. The van der Waals surface area contributed by atoms with E-state index >= 15 is 0 Å². The molecule has 4 nitrogen and oxygen atoms in total. The molecule has 112 valence electrons. The third kappa shape index (κ3) is 4.83. The molecule has 0 saturated heterocycles. The minimum absolute atomic E-state index is 0.568. The SMILES string of the molecule is NCc1ccc(-c2cnc(CCCCCCC=O)[nH]2)cc1. The van der Waals surface area contributed by atoms with Crippen molar-refractivity contribution in [2.24, 2.45) is 5.73 Å². The highest BCUT2D eigenvalue weighted by Crippen LogP contribution is 2.18. The normalized spacial score (nSPS) is 10.7. The van der Waals surface area contributed by atoms with Crippen LogP contribution in [-0.4, -0.2) is 16.3 Å². The quantitative estimate of drug-likeness (QED) is 0.549. The van der Waals surface area contributed by atoms with Crippen molar-refractivity contribution in [1.82, 2.24) is 9.97 Å². The zero-order valence-corrected chi connectivity index (χ0v) is 12.3. The van der Waals surface area contributed by atoms with E-state index in [9.17, 15) is 4.79 Å². The van der Waals surface area contributed by atoms with Gasteiger partial charge in [-0.15, -0.1) is 0 Å². The van der Waals surface area contributed by atoms with E-state index < -0.39 is 0 Å². The number of aromatic amines is 1. The molecule has 1 heterocycles. The van der Waals surface area contributed by atoms with Gasteiger partial charge in [-0.2, -0.15) is 0 Å². The average molecular weight is 285 g/mol. The second-order valence-electron chi connectivity index (χ2n) is 5.26. The first-order valence-corrected chi connectivity index (χ1v) is 7.60. The number of carbonyl (C=O) groups is 1. The van der Waals surface area contributed by atoms with Gasteiger partial charge in [0.1, 0.15) is 12.1 Å². The Balaban J connectivity index is 1.81. The Morgan fingerprint density at radius 3 is 2.57 bits per heavy atom. The van der Waals surface area contributed by atoms with Crippen molar-refractivity contribution in [3.63, 3.8) is 0 Å². The van der Waals surface area contributed by atoms with Gasteiger partial charge < -0.3 is 15.5 Å². The Bertz CT molecular complexity index is 545. The van der Waals surface area contributed by atoms with Crippen molar-refractivity contribution >= 4 is 6.29 Å². The average Bonchev–Trinajstić information content (AvgIpc) is 3.00. The number of nitrogens with two attached hydrogens (primary N) is 1. The maximum absolute atomic E-state index is 10.2. The smallest absolute Gasteiger partial charge is 0.119 e. The molecule has 0 atom stereocenters. The van der Waals surface area contributed by atoms with Crippen LogP contribution < -0.4 is 5.73 Å². The first-order chi connectivity index (χ1) is 10.3. The number of nitrogens with zero attached hydrogens (tertiary/aromatic N) is 1. The van der Waals surface area contributed by atoms with E-state index in [4.69, 9.17) is 5.73 Å². The third-order valence-corrected chi connectivity index (χ3v) is 3.61. The van der Waals surface area contributed by atoms with E-state index in [2.05, 4.69) is 22.1 Å². The Hall–Kier alpha value is -1.94. The summed E-state index contributed by atoms with van der Waals surface area (Å²) in [5.74, 6) is 1.03. The van der Waals surface area contributed by atoms with Gasteiger partial charge in [-0.1, -0.05) is 37.1 Å². The molecule has 2 aromatic rings. The van der Waals surface area contributed by atoms with E-state index in [0.717, 1.165) is 61.0 Å². The molecular weight excluding hydrogens is 262 g/mol. The summed E-state index contributed by atoms with van der Waals surface area (Å²) in [4.78, 5) is 18.0. The van der Waals surface area contributed by atoms with Crippen LogP contribution in [-0.2, 0) is 17.8 Å². The summed E-state index contributed by atoms with van der Waals surface area (Å²) < 4.78 is 0. The van der Waals surface area contributed by atoms with E-state index in [-0.39, 0.29) is 0 Å². The summed E-state index contributed by atoms with van der Waals surface area (Å²) in [7, 11) is 0. The van der Waals surface area contributed by atoms with Gasteiger partial charge in [0.25, 0.3) is 0 Å². The van der Waals surface area contributed by atoms with Crippen molar-refractivity contribution in [3.8, 4) is 11.3 Å². The summed E-state index contributed by atoms with van der Waals surface area (Å²) in [5.41, 5.74) is 8.92. The van der Waals surface area contributed by atoms with Gasteiger partial charge in [0.05, 0.1) is 11.9 Å². The fraction of sp³-hybridized carbons (Fsp3) is 0.412. The molecule has 21 heavy (non-hydrogen) atoms. The van der Waals surface area contributed by atoms with Crippen LogP contribution in [0.4, 0.5) is 0 Å². The number of aromatic nitrogens is 2. The number of H-pyrrole nitrogens is 1. The molecule has 0 spiro atoms. The van der Waals surface area contributed by atoms with Gasteiger partial charge in [0, 0.05) is 19.4 Å². The molecule has 2 rings (SSSR count). The predicted octanol–water partition coefficient (Wildman–Crippen LogP) is 3.23. The number of aryl methyl sites for hydroxylation is 1. The number of hydrogen-bond acceptors (Lipinski definition) is 3. The van der Waals surface area contributed by atoms with E-state index in [0.29, 0.717) is 13.0 Å². The standard InChI is InChI=1S/C17H23N3O/c18-12-14-7-9-15(10-8-14)16-13-19-17(20-16)6-4-2-1-3-5-11-21/h7-11,13H,1-6,12,18H2,(H,19,20). The van der Waals surface area contributed by atoms with Crippen molar-refractivity contribution in [2.75, 3.05) is 0 Å². The highest BCUT2D eigenvalue weighted by atomic mass is 16.1. The highest BCUT2D eigenvalue weighted by Gasteiger charge is 2.03. The molecule has 0 radical (unpaired) electrons. The van der Waals surface area contributed by atoms with Gasteiger partial charge in [-0.25, -0.2) is 4.98 Å². The second-order valence-corrected chi connectivity index (χ2v) is 5.26. The molecule has 1 aromatic heterocycles. The lowest BCUT2D eigenvalue weighted by Gasteiger charge is -2.00. The fourth-order valence-corrected chi connectivity index (χ4v) is 2.33. The molecule has 0 aliphatic heterocycles. The number of nitrogens with one attached hydrogen (secondary N) is 1. The number of hydrogen-bond donors (Lipinski definition) is 2. The highest BCUT2D eigenvalue weighted by molar-refractivity contribution is 5.58. The van der Waals surface area contributed by atoms with Crippen LogP contribution in [0.3, 0.4) is 0 Å². The Kier molecular flexibility index (Phi) is 6.16. The minimum atomic E-state index is 0.568. The lowest BCUT2D eigenvalue weighted by Crippen LogP contribution is -1.95. The van der Waals surface area contributed by atoms with Crippen LogP contribution in [0.2, 0.25) is 0 Å². The van der Waals surface area contributed by atoms with E-state index in [1.807, 2.05) is 18.3 Å². The van der Waals surface area contributed by atoms with Gasteiger partial charge >= 0.3 is 0 Å². The fourth-order valence-electron chi connectivity index (χ4n) is 2.33. The van der Waals surface area contributed by atoms with Crippen molar-refractivity contribution in [1.29, 1.82) is 0 Å². The maximum Gasteiger partial charge on any atom is 0.119 e. The molecule has 0 unspecified atom stereocenters. The number of rotatable bonds is 9. The van der Waals surface area contributed by atoms with Gasteiger partial charge in [-0.3, -0.25) is 0 Å². The summed E-state index contributed by atoms with van der Waals surface area (Å²) in [6.07, 6.45) is 8.90. The molecular formula is C17H23N3O. The summed E-state index contributed by atoms with van der Waals surface area (Å²) in [6, 6.07) is 8.23. The molecule has 0 aliphatic rings. The lowest BCUT2D eigenvalue weighted by atomic mass is 10.1. The van der Waals surface area contributed by atoms with Crippen LogP contribution in [0.25, 0.3) is 11.3 Å². The summed E-state index contributed by atoms with van der Waals surface area (Å²) in [5, 5.41) is 0. The van der Waals surface area contributed by atoms with Crippen LogP contribution in [0, 0.1) is 0 Å². The number of unbranched alkanes of at least 4 members (excludes halogenated alkanes) is 4. The van der Waals surface area contributed by atoms with Gasteiger partial charge in [-0.05, 0) is 24.0 Å². The maximum atomic E-state index is 10.2. The number of benzene rings is 1. The first-order valence-electron chi connectivity index (χ1n) is 7.60. The second kappa shape index (κ2) is 8.37. The van der Waals surface area contributed by atoms with Crippen molar-refractivity contribution < 1.29 is 4.79 Å². The molecule has 0 saturated carbocycles. The topological polar surface area (TPSA) is 71.8 Å². The summed E-state index contributed by atoms with van der Waals surface area (Å²) in [6.45, 7) is 0.568. The first kappa shape index (κ1) is 15.4. The molecule has 0 amide bonds. The molecule has 1 aromatic carbocycles. The van der Waals surface area contributed by atoms with E-state index in [1.165, 1.54) is 0 Å². The molecule has 0 aliphatic carbocycles. The van der Waals surface area contributed by atoms with Crippen LogP contribution in [0.15, 0.2) is 30.5 Å². The zero-order valence-electron chi connectivity index (χ0n) is 12.3. The monoisotopic (exact) mass is 285 g/mol. The lowest BCUT2D eigenvalue weighted by molar-refractivity contribution is -0.107. The Morgan fingerprint density at radius 1 is 1.10 bits per heavy atom.